The van der Waals surface area contributed by atoms with Crippen LogP contribution in [0, 0.1) is 0 Å². The summed E-state index contributed by atoms with van der Waals surface area (Å²) in [6.45, 7) is -0.468. The molecule has 0 bridgehead atoms. The average molecular weight is 236 g/mol. The van der Waals surface area contributed by atoms with E-state index in [1.807, 2.05) is 6.07 Å². The van der Waals surface area contributed by atoms with E-state index in [2.05, 4.69) is 33.5 Å². The van der Waals surface area contributed by atoms with Gasteiger partial charge in [0.15, 0.2) is 0 Å². The third-order valence-electron chi connectivity index (χ3n) is 1.32. The third kappa shape index (κ3) is 2.10. The Morgan fingerprint density at radius 2 is 2.27 bits per heavy atom. The fourth-order valence-corrected chi connectivity index (χ4v) is 1.24. The fourth-order valence-electron chi connectivity index (χ4n) is 0.747. The van der Waals surface area contributed by atoms with E-state index in [4.69, 9.17) is 0 Å². The second-order valence-corrected chi connectivity index (χ2v) is 3.13. The van der Waals surface area contributed by atoms with Crippen LogP contribution in [0.2, 0.25) is 0 Å². The Morgan fingerprint density at radius 1 is 1.55 bits per heavy atom. The number of anilines is 1. The standard InChI is InChI=1S/C7H7BrFNS/c8-7-2-1-6(10-11)3-5(7)4-9/h1-3,10-11H,4H2. The summed E-state index contributed by atoms with van der Waals surface area (Å²) >= 11 is 7.07. The van der Waals surface area contributed by atoms with Crippen LogP contribution in [0.1, 0.15) is 5.56 Å². The van der Waals surface area contributed by atoms with Crippen LogP contribution in [0.4, 0.5) is 10.1 Å². The molecule has 0 saturated heterocycles. The van der Waals surface area contributed by atoms with E-state index in [-0.39, 0.29) is 0 Å². The first kappa shape index (κ1) is 8.87. The molecule has 1 nitrogen and oxygen atoms in total. The van der Waals surface area contributed by atoms with Crippen LogP contribution in [-0.4, -0.2) is 0 Å². The van der Waals surface area contributed by atoms with E-state index in [1.165, 1.54) is 0 Å². The molecule has 0 radical (unpaired) electrons. The number of rotatable bonds is 2. The zero-order valence-corrected chi connectivity index (χ0v) is 8.12. The van der Waals surface area contributed by atoms with Crippen molar-refractivity contribution in [2.75, 3.05) is 4.72 Å². The zero-order valence-electron chi connectivity index (χ0n) is 5.64. The van der Waals surface area contributed by atoms with Crippen LogP contribution >= 0.6 is 28.7 Å². The Morgan fingerprint density at radius 3 is 2.82 bits per heavy atom. The number of halogens is 2. The quantitative estimate of drug-likeness (QED) is 0.751. The maximum absolute atomic E-state index is 12.2. The van der Waals surface area contributed by atoms with Gasteiger partial charge in [0.1, 0.15) is 6.67 Å². The molecule has 0 saturated carbocycles. The van der Waals surface area contributed by atoms with Crippen molar-refractivity contribution in [1.29, 1.82) is 0 Å². The molecule has 4 heteroatoms. The van der Waals surface area contributed by atoms with Gasteiger partial charge >= 0.3 is 0 Å². The highest BCUT2D eigenvalue weighted by molar-refractivity contribution is 9.10. The summed E-state index contributed by atoms with van der Waals surface area (Å²) in [5.74, 6) is 0. The van der Waals surface area contributed by atoms with Crippen molar-refractivity contribution in [3.05, 3.63) is 28.2 Å². The summed E-state index contributed by atoms with van der Waals surface area (Å²) in [7, 11) is 0. The van der Waals surface area contributed by atoms with Gasteiger partial charge < -0.3 is 4.72 Å². The van der Waals surface area contributed by atoms with Gasteiger partial charge in [0, 0.05) is 10.2 Å². The number of hydrogen-bond donors (Lipinski definition) is 2. The molecule has 0 aromatic heterocycles. The molecular formula is C7H7BrFNS. The predicted molar refractivity (Wildman–Crippen MR) is 51.6 cm³/mol. The SMILES string of the molecule is FCc1cc(NS)ccc1Br. The maximum Gasteiger partial charge on any atom is 0.116 e. The molecule has 0 heterocycles. The summed E-state index contributed by atoms with van der Waals surface area (Å²) in [4.78, 5) is 0. The van der Waals surface area contributed by atoms with Gasteiger partial charge in [-0.2, -0.15) is 0 Å². The molecule has 1 N–H and O–H groups in total. The monoisotopic (exact) mass is 235 g/mol. The van der Waals surface area contributed by atoms with Crippen molar-refractivity contribution in [3.8, 4) is 0 Å². The first-order chi connectivity index (χ1) is 5.27. The number of nitrogens with one attached hydrogen (secondary N) is 1. The molecule has 0 aliphatic rings. The molecular weight excluding hydrogens is 229 g/mol. The van der Waals surface area contributed by atoms with Crippen molar-refractivity contribution < 1.29 is 4.39 Å². The lowest BCUT2D eigenvalue weighted by molar-refractivity contribution is 0.484. The molecule has 0 spiro atoms. The predicted octanol–water partition coefficient (Wildman–Crippen LogP) is 3.18. The molecule has 11 heavy (non-hydrogen) atoms. The van der Waals surface area contributed by atoms with Gasteiger partial charge in [-0.15, -0.1) is 0 Å². The largest absolute Gasteiger partial charge is 0.332 e. The number of hydrogen-bond acceptors (Lipinski definition) is 2. The van der Waals surface area contributed by atoms with Crippen LogP contribution in [0.3, 0.4) is 0 Å². The minimum atomic E-state index is -0.468. The Balaban J connectivity index is 3.02. The molecule has 0 unspecified atom stereocenters. The summed E-state index contributed by atoms with van der Waals surface area (Å²) < 4.78 is 15.6. The number of thiol groups is 1. The molecule has 1 rings (SSSR count). The van der Waals surface area contributed by atoms with Crippen molar-refractivity contribution >= 4 is 34.4 Å². The summed E-state index contributed by atoms with van der Waals surface area (Å²) in [6, 6.07) is 5.31. The number of benzene rings is 1. The second-order valence-electron chi connectivity index (χ2n) is 2.05. The minimum absolute atomic E-state index is 0.468. The Labute approximate surface area is 78.7 Å². The molecule has 1 aromatic rings. The van der Waals surface area contributed by atoms with E-state index < -0.39 is 6.67 Å². The zero-order chi connectivity index (χ0) is 8.27. The molecule has 1 aromatic carbocycles. The van der Waals surface area contributed by atoms with Gasteiger partial charge in [0.05, 0.1) is 0 Å². The van der Waals surface area contributed by atoms with Crippen LogP contribution in [0.5, 0.6) is 0 Å². The Hall–Kier alpha value is -0.220. The minimum Gasteiger partial charge on any atom is -0.332 e. The van der Waals surface area contributed by atoms with Crippen molar-refractivity contribution in [2.45, 2.75) is 6.67 Å². The van der Waals surface area contributed by atoms with Gasteiger partial charge in [-0.05, 0) is 23.8 Å². The van der Waals surface area contributed by atoms with Gasteiger partial charge in [0.2, 0.25) is 0 Å². The normalized spacial score (nSPS) is 9.73. The van der Waals surface area contributed by atoms with Crippen molar-refractivity contribution in [2.24, 2.45) is 0 Å². The fraction of sp³-hybridized carbons (Fsp3) is 0.143. The van der Waals surface area contributed by atoms with E-state index in [0.29, 0.717) is 5.56 Å². The Bertz CT molecular complexity index is 254. The van der Waals surface area contributed by atoms with Gasteiger partial charge in [-0.3, -0.25) is 0 Å². The molecule has 0 aliphatic carbocycles. The molecule has 0 atom stereocenters. The first-order valence-corrected chi connectivity index (χ1v) is 4.26. The van der Waals surface area contributed by atoms with E-state index >= 15 is 0 Å². The van der Waals surface area contributed by atoms with Gasteiger partial charge in [-0.1, -0.05) is 28.7 Å². The lowest BCUT2D eigenvalue weighted by Crippen LogP contribution is -1.85. The highest BCUT2D eigenvalue weighted by atomic mass is 79.9. The summed E-state index contributed by atoms with van der Waals surface area (Å²) in [6.07, 6.45) is 0. The van der Waals surface area contributed by atoms with Gasteiger partial charge in [-0.25, -0.2) is 4.39 Å². The molecule has 60 valence electrons. The van der Waals surface area contributed by atoms with Crippen molar-refractivity contribution in [1.82, 2.24) is 0 Å². The lowest BCUT2D eigenvalue weighted by Gasteiger charge is -2.02. The van der Waals surface area contributed by atoms with E-state index in [0.717, 1.165) is 10.2 Å². The first-order valence-electron chi connectivity index (χ1n) is 3.02. The van der Waals surface area contributed by atoms with Gasteiger partial charge in [0.25, 0.3) is 0 Å². The molecule has 0 fully saturated rings. The average Bonchev–Trinajstić information content (AvgIpc) is 2.05. The molecule has 0 aliphatic heterocycles. The maximum atomic E-state index is 12.2. The third-order valence-corrected chi connectivity index (χ3v) is 2.35. The van der Waals surface area contributed by atoms with Crippen LogP contribution < -0.4 is 4.72 Å². The topological polar surface area (TPSA) is 12.0 Å². The highest BCUT2D eigenvalue weighted by Crippen LogP contribution is 2.21. The van der Waals surface area contributed by atoms with Crippen LogP contribution in [0.15, 0.2) is 22.7 Å². The number of alkyl halides is 1. The molecule has 0 amide bonds. The summed E-state index contributed by atoms with van der Waals surface area (Å²) in [5.41, 5.74) is 1.42. The van der Waals surface area contributed by atoms with E-state index in [9.17, 15) is 4.39 Å². The smallest absolute Gasteiger partial charge is 0.116 e. The van der Waals surface area contributed by atoms with E-state index in [1.54, 1.807) is 12.1 Å². The lowest BCUT2D eigenvalue weighted by atomic mass is 10.2. The Kier molecular flexibility index (Phi) is 3.20. The van der Waals surface area contributed by atoms with Crippen molar-refractivity contribution in [3.63, 3.8) is 0 Å². The van der Waals surface area contributed by atoms with Crippen LogP contribution in [0.25, 0.3) is 0 Å². The summed E-state index contributed by atoms with van der Waals surface area (Å²) in [5, 5.41) is 0. The van der Waals surface area contributed by atoms with Crippen LogP contribution in [-0.2, 0) is 6.67 Å². The second kappa shape index (κ2) is 3.97. The highest BCUT2D eigenvalue weighted by Gasteiger charge is 1.99.